The molecule has 3 aromatic rings. The number of aryl methyl sites for hydroxylation is 1. The number of aliphatic hydroxyl groups excluding tert-OH is 1. The minimum absolute atomic E-state index is 0.136. The number of hydrogen-bond donors (Lipinski definition) is 2. The highest BCUT2D eigenvalue weighted by Gasteiger charge is 2.51. The predicted molar refractivity (Wildman–Crippen MR) is 143 cm³/mol. The zero-order valence-corrected chi connectivity index (χ0v) is 22.2. The van der Waals surface area contributed by atoms with E-state index in [-0.39, 0.29) is 12.6 Å². The Labute approximate surface area is 222 Å². The number of urea groups is 1. The normalized spacial score (nSPS) is 18.4. The number of piperidine rings is 1. The van der Waals surface area contributed by atoms with E-state index in [0.717, 1.165) is 42.8 Å². The molecule has 2 amide bonds. The van der Waals surface area contributed by atoms with Crippen molar-refractivity contribution in [1.29, 1.82) is 0 Å². The van der Waals surface area contributed by atoms with Crippen LogP contribution in [0.15, 0.2) is 42.7 Å². The summed E-state index contributed by atoms with van der Waals surface area (Å²) in [5.74, 6) is 0.644. The highest BCUT2D eigenvalue weighted by molar-refractivity contribution is 5.94. The minimum atomic E-state index is -0.427. The SMILES string of the molecule is CCc1nc(N2CC3(CCN(CC(C)O)CC3)N(Cc3cc(F)cc(OC)c3)C2=O)ccc1-c1cn[nH]c1. The fourth-order valence-corrected chi connectivity index (χ4v) is 5.75. The molecule has 0 aliphatic carbocycles. The van der Waals surface area contributed by atoms with Crippen LogP contribution in [-0.4, -0.2) is 81.1 Å². The third kappa shape index (κ3) is 5.10. The highest BCUT2D eigenvalue weighted by atomic mass is 19.1. The number of H-pyrrole nitrogens is 1. The third-order valence-corrected chi connectivity index (χ3v) is 7.68. The zero-order valence-electron chi connectivity index (χ0n) is 22.2. The summed E-state index contributed by atoms with van der Waals surface area (Å²) < 4.78 is 19.6. The van der Waals surface area contributed by atoms with Gasteiger partial charge in [-0.25, -0.2) is 14.2 Å². The van der Waals surface area contributed by atoms with Crippen LogP contribution >= 0.6 is 0 Å². The number of amides is 2. The molecule has 4 heterocycles. The van der Waals surface area contributed by atoms with Crippen molar-refractivity contribution in [2.24, 2.45) is 0 Å². The molecule has 1 atom stereocenters. The first kappa shape index (κ1) is 26.1. The van der Waals surface area contributed by atoms with Gasteiger partial charge in [-0.3, -0.25) is 10.00 Å². The lowest BCUT2D eigenvalue weighted by Gasteiger charge is -2.44. The van der Waals surface area contributed by atoms with Crippen molar-refractivity contribution >= 4 is 11.8 Å². The van der Waals surface area contributed by atoms with Crippen LogP contribution in [-0.2, 0) is 13.0 Å². The lowest BCUT2D eigenvalue weighted by Crippen LogP contribution is -2.54. The van der Waals surface area contributed by atoms with E-state index in [1.165, 1.54) is 19.2 Å². The monoisotopic (exact) mass is 522 g/mol. The second-order valence-electron chi connectivity index (χ2n) is 10.3. The molecule has 2 aliphatic heterocycles. The number of likely N-dealkylation sites (tertiary alicyclic amines) is 1. The van der Waals surface area contributed by atoms with Gasteiger partial charge in [-0.15, -0.1) is 0 Å². The molecular formula is C28H35FN6O3. The fourth-order valence-electron chi connectivity index (χ4n) is 5.75. The van der Waals surface area contributed by atoms with E-state index in [0.29, 0.717) is 36.6 Å². The van der Waals surface area contributed by atoms with Crippen LogP contribution in [0.1, 0.15) is 37.9 Å². The first-order valence-electron chi connectivity index (χ1n) is 13.1. The van der Waals surface area contributed by atoms with Crippen LogP contribution in [0.4, 0.5) is 15.0 Å². The number of rotatable bonds is 8. The molecule has 5 rings (SSSR count). The smallest absolute Gasteiger partial charge is 0.326 e. The molecular weight excluding hydrogens is 487 g/mol. The molecule has 1 aromatic carbocycles. The van der Waals surface area contributed by atoms with E-state index in [1.807, 2.05) is 30.2 Å². The van der Waals surface area contributed by atoms with Gasteiger partial charge in [0.2, 0.25) is 0 Å². The average molecular weight is 523 g/mol. The number of ether oxygens (including phenoxy) is 1. The summed E-state index contributed by atoms with van der Waals surface area (Å²) in [7, 11) is 1.50. The van der Waals surface area contributed by atoms with Crippen LogP contribution < -0.4 is 9.64 Å². The number of carbonyl (C=O) groups is 1. The summed E-state index contributed by atoms with van der Waals surface area (Å²) in [6.07, 6.45) is 5.41. The van der Waals surface area contributed by atoms with E-state index in [4.69, 9.17) is 9.72 Å². The molecule has 10 heteroatoms. The molecule has 38 heavy (non-hydrogen) atoms. The number of anilines is 1. The number of nitrogens with one attached hydrogen (secondary N) is 1. The molecule has 0 saturated carbocycles. The van der Waals surface area contributed by atoms with Crippen LogP contribution in [0.5, 0.6) is 5.75 Å². The van der Waals surface area contributed by atoms with Gasteiger partial charge in [-0.05, 0) is 56.0 Å². The van der Waals surface area contributed by atoms with Gasteiger partial charge in [-0.2, -0.15) is 5.10 Å². The van der Waals surface area contributed by atoms with Gasteiger partial charge in [0.1, 0.15) is 17.4 Å². The van der Waals surface area contributed by atoms with E-state index in [1.54, 1.807) is 24.1 Å². The topological polar surface area (TPSA) is 97.8 Å². The molecule has 9 nitrogen and oxygen atoms in total. The number of nitrogens with zero attached hydrogens (tertiary/aromatic N) is 5. The average Bonchev–Trinajstić information content (AvgIpc) is 3.53. The maximum atomic E-state index is 14.3. The molecule has 0 radical (unpaired) electrons. The van der Waals surface area contributed by atoms with Crippen molar-refractivity contribution in [3.63, 3.8) is 0 Å². The summed E-state index contributed by atoms with van der Waals surface area (Å²) in [5.41, 5.74) is 3.09. The molecule has 2 saturated heterocycles. The van der Waals surface area contributed by atoms with Gasteiger partial charge in [0, 0.05) is 49.6 Å². The lowest BCUT2D eigenvalue weighted by atomic mass is 9.86. The minimum Gasteiger partial charge on any atom is -0.497 e. The maximum absolute atomic E-state index is 14.3. The molecule has 1 unspecified atom stereocenters. The lowest BCUT2D eigenvalue weighted by molar-refractivity contribution is 0.0487. The Hall–Kier alpha value is -3.50. The second kappa shape index (κ2) is 10.7. The molecule has 0 bridgehead atoms. The summed E-state index contributed by atoms with van der Waals surface area (Å²) in [6, 6.07) is 8.33. The van der Waals surface area contributed by atoms with Crippen molar-refractivity contribution in [3.8, 4) is 16.9 Å². The summed E-state index contributed by atoms with van der Waals surface area (Å²) in [5, 5.41) is 16.8. The van der Waals surface area contributed by atoms with E-state index < -0.39 is 17.5 Å². The maximum Gasteiger partial charge on any atom is 0.326 e. The molecule has 2 aliphatic rings. The number of benzene rings is 1. The standard InChI is InChI=1S/C28H35FN6O3/c1-4-25-24(21-14-30-31-15-21)5-6-26(32-25)34-18-28(7-9-33(10-8-28)16-19(2)36)35(27(34)37)17-20-11-22(29)13-23(12-20)38-3/h5-6,11-15,19,36H,4,7-10,16-18H2,1-3H3,(H,30,31). The molecule has 2 aromatic heterocycles. The Morgan fingerprint density at radius 1 is 1.24 bits per heavy atom. The van der Waals surface area contributed by atoms with Crippen molar-refractivity contribution < 1.29 is 19.0 Å². The number of methoxy groups -OCH3 is 1. The Balaban J connectivity index is 1.47. The van der Waals surface area contributed by atoms with Crippen molar-refractivity contribution in [2.75, 3.05) is 38.2 Å². The van der Waals surface area contributed by atoms with Crippen molar-refractivity contribution in [3.05, 3.63) is 59.8 Å². The van der Waals surface area contributed by atoms with Gasteiger partial charge < -0.3 is 19.6 Å². The third-order valence-electron chi connectivity index (χ3n) is 7.68. The van der Waals surface area contributed by atoms with Gasteiger partial charge in [0.15, 0.2) is 0 Å². The van der Waals surface area contributed by atoms with Gasteiger partial charge >= 0.3 is 6.03 Å². The summed E-state index contributed by atoms with van der Waals surface area (Å²) in [6.45, 7) is 6.75. The number of halogens is 1. The fraction of sp³-hybridized carbons (Fsp3) is 0.464. The Bertz CT molecular complexity index is 1270. The Morgan fingerprint density at radius 3 is 2.68 bits per heavy atom. The number of aromatic nitrogens is 3. The Kier molecular flexibility index (Phi) is 7.36. The number of aromatic amines is 1. The largest absolute Gasteiger partial charge is 0.497 e. The van der Waals surface area contributed by atoms with Gasteiger partial charge in [0.25, 0.3) is 0 Å². The first-order chi connectivity index (χ1) is 18.3. The van der Waals surface area contributed by atoms with Crippen LogP contribution in [0.2, 0.25) is 0 Å². The number of hydrogen-bond acceptors (Lipinski definition) is 6. The molecule has 1 spiro atoms. The quantitative estimate of drug-likeness (QED) is 0.467. The number of β-amino-alcohol motifs (C(OH)–C–C–N with tert-alkyl or cyclic N) is 1. The van der Waals surface area contributed by atoms with Crippen molar-refractivity contribution in [2.45, 2.75) is 51.3 Å². The molecule has 2 fully saturated rings. The van der Waals surface area contributed by atoms with Crippen LogP contribution in [0.25, 0.3) is 11.1 Å². The highest BCUT2D eigenvalue weighted by Crippen LogP contribution is 2.40. The van der Waals surface area contributed by atoms with Crippen molar-refractivity contribution in [1.82, 2.24) is 25.0 Å². The Morgan fingerprint density at radius 2 is 2.03 bits per heavy atom. The predicted octanol–water partition coefficient (Wildman–Crippen LogP) is 3.84. The number of pyridine rings is 1. The summed E-state index contributed by atoms with van der Waals surface area (Å²) >= 11 is 0. The van der Waals surface area contributed by atoms with E-state index in [2.05, 4.69) is 15.1 Å². The van der Waals surface area contributed by atoms with Crippen LogP contribution in [0, 0.1) is 5.82 Å². The first-order valence-corrected chi connectivity index (χ1v) is 13.1. The molecule has 202 valence electrons. The van der Waals surface area contributed by atoms with Gasteiger partial charge in [-0.1, -0.05) is 6.92 Å². The molecule has 2 N–H and O–H groups in total. The zero-order chi connectivity index (χ0) is 26.9. The summed E-state index contributed by atoms with van der Waals surface area (Å²) in [4.78, 5) is 24.8. The number of aliphatic hydroxyl groups is 1. The van der Waals surface area contributed by atoms with Crippen LogP contribution in [0.3, 0.4) is 0 Å². The van der Waals surface area contributed by atoms with Gasteiger partial charge in [0.05, 0.1) is 37.2 Å². The van der Waals surface area contributed by atoms with E-state index >= 15 is 0 Å². The number of carbonyl (C=O) groups excluding carboxylic acids is 1. The van der Waals surface area contributed by atoms with E-state index in [9.17, 15) is 14.3 Å². The second-order valence-corrected chi connectivity index (χ2v) is 10.3.